The molecule has 18 heavy (non-hydrogen) atoms. The summed E-state index contributed by atoms with van der Waals surface area (Å²) < 4.78 is 5.91. The van der Waals surface area contributed by atoms with Crippen molar-refractivity contribution in [1.82, 2.24) is 10.6 Å². The van der Waals surface area contributed by atoms with Gasteiger partial charge >= 0.3 is 0 Å². The molecule has 0 spiro atoms. The minimum Gasteiger partial charge on any atom is -0.378 e. The first-order chi connectivity index (χ1) is 8.66. The molecule has 0 aromatic rings. The van der Waals surface area contributed by atoms with Gasteiger partial charge in [-0.2, -0.15) is 0 Å². The molecule has 1 atom stereocenters. The lowest BCUT2D eigenvalue weighted by molar-refractivity contribution is 0.0315. The summed E-state index contributed by atoms with van der Waals surface area (Å²) in [6.45, 7) is 9.06. The third-order valence-corrected chi connectivity index (χ3v) is 4.36. The summed E-state index contributed by atoms with van der Waals surface area (Å²) in [7, 11) is 0. The van der Waals surface area contributed by atoms with Gasteiger partial charge in [0.05, 0.1) is 6.10 Å². The molecule has 0 aromatic heterocycles. The van der Waals surface area contributed by atoms with Gasteiger partial charge in [0.1, 0.15) is 0 Å². The van der Waals surface area contributed by atoms with Crippen LogP contribution in [-0.2, 0) is 4.74 Å². The Balaban J connectivity index is 1.46. The molecule has 0 radical (unpaired) electrons. The highest BCUT2D eigenvalue weighted by Gasteiger charge is 2.30. The largest absolute Gasteiger partial charge is 0.378 e. The van der Waals surface area contributed by atoms with Crippen LogP contribution in [0.2, 0.25) is 0 Å². The maximum absolute atomic E-state index is 5.91. The Labute approximate surface area is 112 Å². The van der Waals surface area contributed by atoms with Gasteiger partial charge in [-0.3, -0.25) is 0 Å². The maximum atomic E-state index is 5.91. The van der Waals surface area contributed by atoms with Gasteiger partial charge in [0.25, 0.3) is 0 Å². The normalized spacial score (nSPS) is 28.7. The molecule has 1 heterocycles. The van der Waals surface area contributed by atoms with Crippen molar-refractivity contribution >= 4 is 0 Å². The molecule has 2 N–H and O–H groups in total. The second-order valence-electron chi connectivity index (χ2n) is 6.73. The Morgan fingerprint density at radius 2 is 2.00 bits per heavy atom. The topological polar surface area (TPSA) is 33.3 Å². The van der Waals surface area contributed by atoms with E-state index >= 15 is 0 Å². The summed E-state index contributed by atoms with van der Waals surface area (Å²) in [6, 6.07) is 0.749. The first-order valence-corrected chi connectivity index (χ1v) is 7.71. The van der Waals surface area contributed by atoms with Crippen LogP contribution in [0.25, 0.3) is 0 Å². The average molecular weight is 254 g/mol. The van der Waals surface area contributed by atoms with Gasteiger partial charge in [-0.05, 0) is 63.6 Å². The van der Waals surface area contributed by atoms with Crippen LogP contribution in [0.3, 0.4) is 0 Å². The van der Waals surface area contributed by atoms with E-state index in [1.54, 1.807) is 0 Å². The Morgan fingerprint density at radius 3 is 2.67 bits per heavy atom. The van der Waals surface area contributed by atoms with Crippen LogP contribution >= 0.6 is 0 Å². The maximum Gasteiger partial charge on any atom is 0.0599 e. The van der Waals surface area contributed by atoms with Crippen LogP contribution in [-0.4, -0.2) is 38.4 Å². The Kier molecular flexibility index (Phi) is 5.46. The number of hydrogen-bond donors (Lipinski definition) is 2. The fourth-order valence-corrected chi connectivity index (χ4v) is 3.20. The van der Waals surface area contributed by atoms with E-state index in [0.29, 0.717) is 11.5 Å². The van der Waals surface area contributed by atoms with E-state index in [1.807, 2.05) is 0 Å². The molecule has 3 nitrogen and oxygen atoms in total. The van der Waals surface area contributed by atoms with E-state index in [4.69, 9.17) is 4.74 Å². The van der Waals surface area contributed by atoms with Crippen molar-refractivity contribution in [3.63, 3.8) is 0 Å². The Morgan fingerprint density at radius 1 is 1.22 bits per heavy atom. The van der Waals surface area contributed by atoms with Gasteiger partial charge in [-0.15, -0.1) is 0 Å². The van der Waals surface area contributed by atoms with Gasteiger partial charge in [-0.25, -0.2) is 0 Å². The van der Waals surface area contributed by atoms with E-state index in [9.17, 15) is 0 Å². The quantitative estimate of drug-likeness (QED) is 0.714. The van der Waals surface area contributed by atoms with E-state index in [1.165, 1.54) is 32.1 Å². The third kappa shape index (κ3) is 4.87. The van der Waals surface area contributed by atoms with Gasteiger partial charge in [0.2, 0.25) is 0 Å². The predicted octanol–water partition coefficient (Wildman–Crippen LogP) is 2.31. The second-order valence-corrected chi connectivity index (χ2v) is 6.73. The molecule has 1 unspecified atom stereocenters. The fourth-order valence-electron chi connectivity index (χ4n) is 3.20. The van der Waals surface area contributed by atoms with Crippen LogP contribution < -0.4 is 10.6 Å². The lowest BCUT2D eigenvalue weighted by Gasteiger charge is -2.23. The van der Waals surface area contributed by atoms with Gasteiger partial charge in [0.15, 0.2) is 0 Å². The highest BCUT2D eigenvalue weighted by molar-refractivity contribution is 4.86. The zero-order valence-corrected chi connectivity index (χ0v) is 12.1. The summed E-state index contributed by atoms with van der Waals surface area (Å²) in [4.78, 5) is 0. The molecule has 0 amide bonds. The van der Waals surface area contributed by atoms with E-state index in [0.717, 1.165) is 38.7 Å². The van der Waals surface area contributed by atoms with Gasteiger partial charge in [-0.1, -0.05) is 13.8 Å². The number of rotatable bonds is 6. The van der Waals surface area contributed by atoms with E-state index in [-0.39, 0.29) is 0 Å². The Bertz CT molecular complexity index is 237. The van der Waals surface area contributed by atoms with E-state index in [2.05, 4.69) is 24.5 Å². The molecule has 1 aliphatic carbocycles. The number of hydrogen-bond acceptors (Lipinski definition) is 3. The lowest BCUT2D eigenvalue weighted by Crippen LogP contribution is -2.33. The number of piperidine rings is 1. The smallest absolute Gasteiger partial charge is 0.0599 e. The van der Waals surface area contributed by atoms with Crippen LogP contribution in [0.1, 0.15) is 52.4 Å². The summed E-state index contributed by atoms with van der Waals surface area (Å²) in [5, 5.41) is 7.05. The van der Waals surface area contributed by atoms with Crippen LogP contribution in [0.15, 0.2) is 0 Å². The fraction of sp³-hybridized carbons (Fsp3) is 1.00. The van der Waals surface area contributed by atoms with Crippen LogP contribution in [0, 0.1) is 5.41 Å². The highest BCUT2D eigenvalue weighted by Crippen LogP contribution is 2.36. The van der Waals surface area contributed by atoms with Crippen molar-refractivity contribution < 1.29 is 4.74 Å². The molecule has 2 fully saturated rings. The van der Waals surface area contributed by atoms with Gasteiger partial charge in [0, 0.05) is 12.6 Å². The third-order valence-electron chi connectivity index (χ3n) is 4.36. The van der Waals surface area contributed by atoms with Crippen LogP contribution in [0.4, 0.5) is 0 Å². The summed E-state index contributed by atoms with van der Waals surface area (Å²) in [5.41, 5.74) is 0.559. The van der Waals surface area contributed by atoms with Crippen LogP contribution in [0.5, 0.6) is 0 Å². The minimum atomic E-state index is 0.511. The molecule has 0 bridgehead atoms. The standard InChI is InChI=1S/C15H30N2O/c1-15(2)7-4-13(12-15)17-8-3-11-18-14-5-9-16-10-6-14/h13-14,16-17H,3-12H2,1-2H3. The molecule has 1 aliphatic heterocycles. The second kappa shape index (κ2) is 6.88. The summed E-state index contributed by atoms with van der Waals surface area (Å²) >= 11 is 0. The first-order valence-electron chi connectivity index (χ1n) is 7.71. The number of nitrogens with one attached hydrogen (secondary N) is 2. The van der Waals surface area contributed by atoms with Crippen molar-refractivity contribution in [3.8, 4) is 0 Å². The van der Waals surface area contributed by atoms with Crippen molar-refractivity contribution in [3.05, 3.63) is 0 Å². The zero-order valence-electron chi connectivity index (χ0n) is 12.1. The van der Waals surface area contributed by atoms with Crippen molar-refractivity contribution in [2.45, 2.75) is 64.5 Å². The first kappa shape index (κ1) is 14.3. The van der Waals surface area contributed by atoms with Crippen molar-refractivity contribution in [2.24, 2.45) is 5.41 Å². The molecule has 2 aliphatic rings. The summed E-state index contributed by atoms with van der Waals surface area (Å²) in [6.07, 6.45) is 8.09. The number of ether oxygens (including phenoxy) is 1. The molecule has 3 heteroatoms. The lowest BCUT2D eigenvalue weighted by atomic mass is 9.92. The zero-order chi connectivity index (χ0) is 12.8. The molecule has 0 aromatic carbocycles. The molecule has 106 valence electrons. The average Bonchev–Trinajstić information content (AvgIpc) is 2.70. The molecular weight excluding hydrogens is 224 g/mol. The summed E-state index contributed by atoms with van der Waals surface area (Å²) in [5.74, 6) is 0. The van der Waals surface area contributed by atoms with Crippen molar-refractivity contribution in [2.75, 3.05) is 26.2 Å². The monoisotopic (exact) mass is 254 g/mol. The predicted molar refractivity (Wildman–Crippen MR) is 75.9 cm³/mol. The molecular formula is C15H30N2O. The minimum absolute atomic E-state index is 0.511. The van der Waals surface area contributed by atoms with Crippen molar-refractivity contribution in [1.29, 1.82) is 0 Å². The molecule has 1 saturated carbocycles. The SMILES string of the molecule is CC1(C)CCC(NCCCOC2CCNCC2)C1. The Hall–Kier alpha value is -0.120. The molecule has 1 saturated heterocycles. The highest BCUT2D eigenvalue weighted by atomic mass is 16.5. The van der Waals surface area contributed by atoms with Gasteiger partial charge < -0.3 is 15.4 Å². The van der Waals surface area contributed by atoms with E-state index < -0.39 is 0 Å². The molecule has 2 rings (SSSR count).